The second-order valence-corrected chi connectivity index (χ2v) is 18.0. The standard InChI is InChI=1S/C145H4/c1-3-5-7-9-11-13-15-17-19-21-23-25-27-29-31-33-35-37-39-41-43-45-47-49-51-53-55-57-59-61-63-65-67-69-71-73-75-77-79-81-83-85-87-89-91-93-95-97-99-101-103-105-107-109-111-113-115-117-119-121-123-125-127-129-131-133-135-137-139-141-143-145-144-142-140-138-136-134-132-130-128-126-124-122-120-118-116-114-112-110-108-106-104-102-100-98-96-94-92-90-88-86-84-82-80-78-76-74-72-70-68-66-64-62-60-58-56-54-52-50-48-46-44-42-40-38-36-34-32-30-28-26-24-22-20-18-16-14-12-10-8-6-4-2/h1-2H2. The molecule has 0 spiro atoms. The van der Waals surface area contributed by atoms with Gasteiger partial charge in [-0.3, -0.25) is 0 Å². The minimum absolute atomic E-state index is 2.37. The predicted molar refractivity (Wildman–Crippen MR) is 514 cm³/mol. The lowest BCUT2D eigenvalue weighted by Crippen LogP contribution is -1.26. The van der Waals surface area contributed by atoms with Crippen LogP contribution in [0.25, 0.3) is 0 Å². The third-order valence-electron chi connectivity index (χ3n) is 8.93. The van der Waals surface area contributed by atoms with Crippen molar-refractivity contribution in [1.29, 1.82) is 0 Å². The van der Waals surface area contributed by atoms with E-state index in [4.69, 9.17) is 0 Å². The third-order valence-corrected chi connectivity index (χ3v) is 8.93. The molecule has 0 heteroatoms. The molecule has 0 amide bonds. The van der Waals surface area contributed by atoms with Crippen molar-refractivity contribution in [3.05, 3.63) is 833 Å². The van der Waals surface area contributed by atoms with Crippen LogP contribution in [-0.4, -0.2) is 0 Å². The van der Waals surface area contributed by atoms with E-state index >= 15 is 0 Å². The Hall–Kier alpha value is -31.7. The van der Waals surface area contributed by atoms with Gasteiger partial charge in [-0.25, -0.2) is 0 Å². The molecule has 0 aromatic rings. The zero-order valence-corrected chi connectivity index (χ0v) is 72.9. The van der Waals surface area contributed by atoms with Gasteiger partial charge in [0.25, 0.3) is 0 Å². The fourth-order valence-electron chi connectivity index (χ4n) is 4.43. The van der Waals surface area contributed by atoms with Crippen LogP contribution in [-0.2, 0) is 0 Å². The van der Waals surface area contributed by atoms with Crippen LogP contribution in [0.4, 0.5) is 0 Å². The lowest BCUT2D eigenvalue weighted by atomic mass is 10.6. The SMILES string of the molecule is C=C=C=C=C=C=C=C=C=C=C=C=C=C=C=C=C=C=C=C=C=C=C=C=C=C=C=C=C=C=C=C=C=C=C=C=C=C=C=C=C=C=C=C=C=C=C=C=C=C=C=C=C=C=C=C=C=C=C=C=C=C=C=C=C=C=C=C=C=C=C=C=C=C=C=C=C=C=C=C=C=C=C=C=C=C=C=C=C=C=C=C=C=C=C=C=C=C=C=C=C=C=C=C=C=C=C=C=C=C=C=C=C=C=C=C=C=C=C=C=C=C=C=C=C=C=C=C=C=C=C=C=C=C=C=C=C=C=C=C=C=C=C=C=C. The molecule has 0 saturated heterocycles. The molecule has 0 bridgehead atoms. The Kier molecular flexibility index (Phi) is 87.7. The normalized spacial score (nSPS) is 3.97. The quantitative estimate of drug-likeness (QED) is 0.212. The largest absolute Gasteiger partial charge is 0.0687 e. The molecule has 0 nitrogen and oxygen atoms in total. The van der Waals surface area contributed by atoms with Crippen molar-refractivity contribution in [2.45, 2.75) is 0 Å². The maximum absolute atomic E-state index is 3.32. The van der Waals surface area contributed by atoms with Crippen LogP contribution in [0.15, 0.2) is 833 Å². The van der Waals surface area contributed by atoms with Crippen LogP contribution in [0.3, 0.4) is 0 Å². The summed E-state index contributed by atoms with van der Waals surface area (Å²) in [5.74, 6) is 0. The fraction of sp³-hybridized carbons (Fsp3) is 0. The Bertz CT molecular complexity index is 10700. The summed E-state index contributed by atoms with van der Waals surface area (Å²) in [6.45, 7) is 6.64. The van der Waals surface area contributed by atoms with Crippen molar-refractivity contribution in [2.24, 2.45) is 0 Å². The van der Waals surface area contributed by atoms with Crippen molar-refractivity contribution >= 4 is 0 Å². The molecule has 0 N–H and O–H groups in total. The molecule has 0 unspecified atom stereocenters. The van der Waals surface area contributed by atoms with Gasteiger partial charge in [-0.1, -0.05) is 11.5 Å². The zero-order chi connectivity index (χ0) is 103. The van der Waals surface area contributed by atoms with Crippen LogP contribution in [0.1, 0.15) is 0 Å². The van der Waals surface area contributed by atoms with E-state index in [1.54, 1.807) is 0 Å². The Morgan fingerprint density at radius 2 is 0.0552 bits per heavy atom. The fourth-order valence-corrected chi connectivity index (χ4v) is 4.43. The second-order valence-electron chi connectivity index (χ2n) is 18.0. The number of hydrogen-bond donors (Lipinski definition) is 0. The van der Waals surface area contributed by atoms with Crippen molar-refractivity contribution in [3.8, 4) is 0 Å². The highest BCUT2D eigenvalue weighted by Crippen LogP contribution is 1.71. The van der Waals surface area contributed by atoms with Gasteiger partial charge < -0.3 is 0 Å². The Labute approximate surface area is 826 Å². The van der Waals surface area contributed by atoms with Crippen LogP contribution in [0, 0.1) is 0 Å². The predicted octanol–water partition coefficient (Wildman–Crippen LogP) is 23.0. The molecule has 0 atom stereocenters. The van der Waals surface area contributed by atoms with Crippen molar-refractivity contribution < 1.29 is 0 Å². The molecular formula is C145H4. The maximum Gasteiger partial charge on any atom is 0 e. The van der Waals surface area contributed by atoms with Crippen molar-refractivity contribution in [3.63, 3.8) is 0 Å². The molecule has 0 aromatic heterocycles. The summed E-state index contributed by atoms with van der Waals surface area (Å²) in [6.07, 6.45) is 0. The summed E-state index contributed by atoms with van der Waals surface area (Å²) in [6, 6.07) is 0. The summed E-state index contributed by atoms with van der Waals surface area (Å²) >= 11 is 0. The van der Waals surface area contributed by atoms with Gasteiger partial charge in [0.15, 0.2) is 0 Å². The molecule has 0 heterocycles. The average Bonchev–Trinajstić information content (AvgIpc) is 1.11. The monoisotopic (exact) mass is 1740 g/mol. The molecule has 145 heavy (non-hydrogen) atoms. The molecule has 0 fully saturated rings. The number of hydrogen-bond acceptors (Lipinski definition) is 0. The highest BCUT2D eigenvalue weighted by Gasteiger charge is 1.55. The van der Waals surface area contributed by atoms with Gasteiger partial charge in [-0.05, 0) is 105 Å². The van der Waals surface area contributed by atoms with Crippen molar-refractivity contribution in [2.75, 3.05) is 0 Å². The van der Waals surface area contributed by atoms with Gasteiger partial charge >= 0.3 is 0 Å². The topological polar surface area (TPSA) is 0 Å². The van der Waals surface area contributed by atoms with E-state index in [2.05, 4.69) is 833 Å². The van der Waals surface area contributed by atoms with Crippen LogP contribution in [0.2, 0.25) is 0 Å². The van der Waals surface area contributed by atoms with E-state index in [0.717, 1.165) is 0 Å². The molecular weight excluding hydrogens is 1740 g/mol. The highest BCUT2D eigenvalue weighted by molar-refractivity contribution is 5.07. The third kappa shape index (κ3) is 112. The molecule has 0 aromatic carbocycles. The lowest BCUT2D eigenvalue weighted by Gasteiger charge is -1.41. The van der Waals surface area contributed by atoms with Crippen LogP contribution in [0.5, 0.6) is 0 Å². The zero-order valence-electron chi connectivity index (χ0n) is 72.9. The summed E-state index contributed by atoms with van der Waals surface area (Å²) in [5, 5.41) is 0. The van der Waals surface area contributed by atoms with E-state index < -0.39 is 0 Å². The summed E-state index contributed by atoms with van der Waals surface area (Å²) in [7, 11) is 0. The van der Waals surface area contributed by atoms with Crippen LogP contribution >= 0.6 is 0 Å². The van der Waals surface area contributed by atoms with E-state index in [-0.39, 0.29) is 0 Å². The van der Waals surface area contributed by atoms with Gasteiger partial charge in [-0.2, -0.15) is 0 Å². The van der Waals surface area contributed by atoms with E-state index in [0.29, 0.717) is 0 Å². The maximum atomic E-state index is 3.32. The van der Waals surface area contributed by atoms with Gasteiger partial charge in [-0.15, -0.1) is 0 Å². The second kappa shape index (κ2) is 112. The van der Waals surface area contributed by atoms with E-state index in [9.17, 15) is 0 Å². The van der Waals surface area contributed by atoms with Gasteiger partial charge in [0.05, 0.1) is 0 Å². The molecule has 584 valence electrons. The smallest absolute Gasteiger partial charge is 0 e. The average molecular weight is 1750 g/mol. The van der Waals surface area contributed by atoms with E-state index in [1.807, 2.05) is 0 Å². The van der Waals surface area contributed by atoms with Gasteiger partial charge in [0.1, 0.15) is 0 Å². The Balaban J connectivity index is 6.21. The molecule has 0 radical (unpaired) electrons. The summed E-state index contributed by atoms with van der Waals surface area (Å²) in [4.78, 5) is 0. The van der Waals surface area contributed by atoms with Crippen molar-refractivity contribution in [1.82, 2.24) is 0 Å². The molecule has 0 aliphatic rings. The van der Waals surface area contributed by atoms with Crippen LogP contribution < -0.4 is 0 Å². The first kappa shape index (κ1) is 113. The molecule has 0 rings (SSSR count). The van der Waals surface area contributed by atoms with E-state index in [1.165, 1.54) is 0 Å². The summed E-state index contributed by atoms with van der Waals surface area (Å²) in [5.41, 5.74) is 357. The highest BCUT2D eigenvalue weighted by atomic mass is 13.6. The molecule has 0 aliphatic heterocycles. The minimum Gasteiger partial charge on any atom is -0.0687 e. The number of rotatable bonds is 0. The lowest BCUT2D eigenvalue weighted by molar-refractivity contribution is 2.10. The molecule has 0 aliphatic carbocycles. The first-order chi connectivity index (χ1) is 72.4. The summed E-state index contributed by atoms with van der Waals surface area (Å²) < 4.78 is 0. The Morgan fingerprint density at radius 1 is 0.0345 bits per heavy atom. The minimum atomic E-state index is 2.37. The first-order valence-corrected chi connectivity index (χ1v) is 36.2. The molecule has 0 saturated carbocycles. The van der Waals surface area contributed by atoms with Gasteiger partial charge in [0, 0.05) is 716 Å². The first-order valence-electron chi connectivity index (χ1n) is 36.2. The van der Waals surface area contributed by atoms with Gasteiger partial charge in [0.2, 0.25) is 0 Å². The Morgan fingerprint density at radius 3 is 0.0759 bits per heavy atom.